The third-order valence-corrected chi connectivity index (χ3v) is 3.54. The Morgan fingerprint density at radius 3 is 0.724 bits per heavy atom. The third-order valence-electron chi connectivity index (χ3n) is 3.54. The number of halogens is 2. The molecule has 0 heterocycles. The zero-order chi connectivity index (χ0) is 20.6. The average molecular weight is 455 g/mol. The summed E-state index contributed by atoms with van der Waals surface area (Å²) in [7, 11) is 9.78. The maximum absolute atomic E-state index is 4.89. The molecule has 2 nitrogen and oxygen atoms in total. The molecular formula is C24H20Cl2N2Ti-2. The van der Waals surface area contributed by atoms with E-state index in [1.54, 1.807) is 0 Å². The van der Waals surface area contributed by atoms with E-state index in [0.29, 0.717) is 0 Å². The predicted molar refractivity (Wildman–Crippen MR) is 123 cm³/mol. The van der Waals surface area contributed by atoms with Crippen molar-refractivity contribution in [2.24, 2.45) is 0 Å². The molecule has 0 radical (unpaired) electrons. The number of hydrogen-bond donors (Lipinski definition) is 0. The molecule has 0 aromatic heterocycles. The van der Waals surface area contributed by atoms with Crippen LogP contribution in [-0.4, -0.2) is 0 Å². The van der Waals surface area contributed by atoms with Crippen LogP contribution in [0.4, 0.5) is 22.7 Å². The van der Waals surface area contributed by atoms with E-state index in [1.165, 1.54) is 0 Å². The number of nitrogens with zero attached hydrogens (tertiary/aromatic N) is 2. The normalized spacial score (nSPS) is 9.03. The molecule has 0 N–H and O–H groups in total. The second kappa shape index (κ2) is 14.7. The second-order valence-corrected chi connectivity index (χ2v) is 8.22. The van der Waals surface area contributed by atoms with Crippen LogP contribution in [0.3, 0.4) is 0 Å². The molecular weight excluding hydrogens is 435 g/mol. The van der Waals surface area contributed by atoms with Crippen LogP contribution >= 0.6 is 18.6 Å². The first kappa shape index (κ1) is 23.1. The summed E-state index contributed by atoms with van der Waals surface area (Å²) in [5.41, 5.74) is 3.98. The van der Waals surface area contributed by atoms with Gasteiger partial charge in [-0.2, -0.15) is 0 Å². The number of para-hydroxylation sites is 4. The molecule has 0 spiro atoms. The van der Waals surface area contributed by atoms with Crippen molar-refractivity contribution in [3.63, 3.8) is 0 Å². The minimum atomic E-state index is -0.556. The molecule has 0 bridgehead atoms. The Morgan fingerprint density at radius 1 is 0.379 bits per heavy atom. The fourth-order valence-corrected chi connectivity index (χ4v) is 2.31. The van der Waals surface area contributed by atoms with Crippen molar-refractivity contribution in [1.29, 1.82) is 0 Å². The Labute approximate surface area is 189 Å². The molecule has 0 aliphatic rings. The van der Waals surface area contributed by atoms with Crippen molar-refractivity contribution >= 4 is 41.4 Å². The van der Waals surface area contributed by atoms with Crippen molar-refractivity contribution in [3.05, 3.63) is 132 Å². The van der Waals surface area contributed by atoms with E-state index in [2.05, 4.69) is 10.6 Å². The Kier molecular flexibility index (Phi) is 11.7. The van der Waals surface area contributed by atoms with Gasteiger partial charge in [0.2, 0.25) is 0 Å². The molecule has 0 aliphatic carbocycles. The summed E-state index contributed by atoms with van der Waals surface area (Å²) in [6.45, 7) is 0. The summed E-state index contributed by atoms with van der Waals surface area (Å²) in [6, 6.07) is 39.8. The summed E-state index contributed by atoms with van der Waals surface area (Å²) < 4.78 is 0. The van der Waals surface area contributed by atoms with Crippen LogP contribution in [0.25, 0.3) is 10.6 Å². The van der Waals surface area contributed by atoms with Gasteiger partial charge in [-0.05, 0) is 0 Å². The molecule has 0 aliphatic heterocycles. The van der Waals surface area contributed by atoms with Gasteiger partial charge < -0.3 is 10.6 Å². The van der Waals surface area contributed by atoms with Crippen molar-refractivity contribution in [2.45, 2.75) is 0 Å². The topological polar surface area (TPSA) is 28.2 Å². The Morgan fingerprint density at radius 2 is 0.552 bits per heavy atom. The van der Waals surface area contributed by atoms with Crippen LogP contribution in [-0.2, 0) is 17.0 Å². The van der Waals surface area contributed by atoms with Gasteiger partial charge in [0, 0.05) is 0 Å². The molecule has 0 unspecified atom stereocenters. The molecule has 146 valence electrons. The van der Waals surface area contributed by atoms with Gasteiger partial charge in [-0.1, -0.05) is 121 Å². The van der Waals surface area contributed by atoms with Crippen LogP contribution in [0.1, 0.15) is 0 Å². The Bertz CT molecular complexity index is 741. The monoisotopic (exact) mass is 454 g/mol. The molecule has 0 saturated heterocycles. The molecule has 0 atom stereocenters. The zero-order valence-electron chi connectivity index (χ0n) is 15.7. The molecule has 4 rings (SSSR count). The second-order valence-electron chi connectivity index (χ2n) is 5.64. The van der Waals surface area contributed by atoms with Crippen LogP contribution in [0.5, 0.6) is 0 Å². The number of benzene rings is 4. The standard InChI is InChI=1S/2C12H10N.2ClH.Ti/c2*1-3-7-11(8-4-1)13-12-9-5-2-6-10-12;;;/h2*1-10H;2*1H;/q2*-1;;;+2/p-2. The summed E-state index contributed by atoms with van der Waals surface area (Å²) in [5, 5.41) is 8.88. The first-order chi connectivity index (χ1) is 14.3. The SMILES string of the molecule is [Cl][Ti][Cl].c1ccc([N-]c2ccccc2)cc1.c1ccc([N-]c2ccccc2)cc1. The summed E-state index contributed by atoms with van der Waals surface area (Å²) in [5.74, 6) is 0. The van der Waals surface area contributed by atoms with Gasteiger partial charge in [-0.3, -0.25) is 0 Å². The minimum absolute atomic E-state index is 0.556. The smallest absolute Gasteiger partial charge is 0.0624 e. The van der Waals surface area contributed by atoms with E-state index in [9.17, 15) is 0 Å². The van der Waals surface area contributed by atoms with Gasteiger partial charge in [-0.25, -0.2) is 0 Å². The quantitative estimate of drug-likeness (QED) is 0.274. The van der Waals surface area contributed by atoms with Gasteiger partial charge >= 0.3 is 35.6 Å². The Balaban J connectivity index is 0.000000183. The average Bonchev–Trinajstić information content (AvgIpc) is 2.78. The minimum Gasteiger partial charge on any atom is -0.658 e. The van der Waals surface area contributed by atoms with Gasteiger partial charge in [-0.15, -0.1) is 22.7 Å². The Hall–Kier alpha value is -2.23. The van der Waals surface area contributed by atoms with Crippen molar-refractivity contribution in [3.8, 4) is 0 Å². The van der Waals surface area contributed by atoms with Gasteiger partial charge in [0.25, 0.3) is 0 Å². The maximum atomic E-state index is 4.89. The molecule has 0 amide bonds. The van der Waals surface area contributed by atoms with Crippen LogP contribution in [0.15, 0.2) is 121 Å². The largest absolute Gasteiger partial charge is 0.658 e. The van der Waals surface area contributed by atoms with E-state index >= 15 is 0 Å². The predicted octanol–water partition coefficient (Wildman–Crippen LogP) is 9.42. The molecule has 29 heavy (non-hydrogen) atoms. The third kappa shape index (κ3) is 10.2. The summed E-state index contributed by atoms with van der Waals surface area (Å²) >= 11 is -0.556. The van der Waals surface area contributed by atoms with Crippen LogP contribution in [0, 0.1) is 0 Å². The van der Waals surface area contributed by atoms with E-state index in [4.69, 9.17) is 18.6 Å². The number of rotatable bonds is 4. The van der Waals surface area contributed by atoms with Gasteiger partial charge in [0.05, 0.1) is 0 Å². The molecule has 0 fully saturated rings. The first-order valence-electron chi connectivity index (χ1n) is 8.92. The van der Waals surface area contributed by atoms with Crippen molar-refractivity contribution in [2.75, 3.05) is 0 Å². The molecule has 4 aromatic rings. The van der Waals surface area contributed by atoms with Crippen molar-refractivity contribution < 1.29 is 17.0 Å². The first-order valence-corrected chi connectivity index (χ1v) is 13.2. The van der Waals surface area contributed by atoms with Crippen LogP contribution in [0.2, 0.25) is 0 Å². The summed E-state index contributed by atoms with van der Waals surface area (Å²) in [6.07, 6.45) is 0. The number of hydrogen-bond acceptors (Lipinski definition) is 0. The van der Waals surface area contributed by atoms with E-state index in [1.807, 2.05) is 121 Å². The fraction of sp³-hybridized carbons (Fsp3) is 0. The van der Waals surface area contributed by atoms with Gasteiger partial charge in [0.1, 0.15) is 0 Å². The maximum Gasteiger partial charge on any atom is -0.0624 e. The molecule has 5 heteroatoms. The van der Waals surface area contributed by atoms with Crippen molar-refractivity contribution in [1.82, 2.24) is 0 Å². The van der Waals surface area contributed by atoms with Crippen LogP contribution < -0.4 is 0 Å². The van der Waals surface area contributed by atoms with E-state index in [-0.39, 0.29) is 0 Å². The summed E-state index contributed by atoms with van der Waals surface area (Å²) in [4.78, 5) is 0. The fourth-order valence-electron chi connectivity index (χ4n) is 2.31. The molecule has 4 aromatic carbocycles. The van der Waals surface area contributed by atoms with E-state index in [0.717, 1.165) is 22.7 Å². The zero-order valence-corrected chi connectivity index (χ0v) is 18.8. The van der Waals surface area contributed by atoms with Gasteiger partial charge in [0.15, 0.2) is 0 Å². The molecule has 0 saturated carbocycles. The van der Waals surface area contributed by atoms with E-state index < -0.39 is 17.0 Å².